The van der Waals surface area contributed by atoms with Crippen LogP contribution >= 0.6 is 11.8 Å². The zero-order chi connectivity index (χ0) is 13.5. The van der Waals surface area contributed by atoms with Gasteiger partial charge in [-0.25, -0.2) is 0 Å². The van der Waals surface area contributed by atoms with E-state index in [1.807, 2.05) is 17.8 Å². The van der Waals surface area contributed by atoms with Crippen molar-refractivity contribution < 1.29 is 0 Å². The Kier molecular flexibility index (Phi) is 5.75. The highest BCUT2D eigenvalue weighted by Gasteiger charge is 2.20. The van der Waals surface area contributed by atoms with Crippen LogP contribution in [0.25, 0.3) is 0 Å². The fourth-order valence-corrected chi connectivity index (χ4v) is 2.98. The highest BCUT2D eigenvalue weighted by Crippen LogP contribution is 2.25. The molecular weight excluding hydrogens is 252 g/mol. The molecule has 0 heterocycles. The molecule has 3 heteroatoms. The Balaban J connectivity index is 1.89. The normalized spacial score (nSPS) is 14.3. The molecule has 0 spiro atoms. The van der Waals surface area contributed by atoms with Crippen LogP contribution in [0.4, 0.5) is 0 Å². The van der Waals surface area contributed by atoms with Gasteiger partial charge in [-0.3, -0.25) is 0 Å². The minimum absolute atomic E-state index is 0.716. The van der Waals surface area contributed by atoms with Gasteiger partial charge in [0, 0.05) is 17.5 Å². The minimum Gasteiger partial charge on any atom is -0.310 e. The Morgan fingerprint density at radius 2 is 2.21 bits per heavy atom. The lowest BCUT2D eigenvalue weighted by atomic mass is 10.1. The molecule has 1 aromatic rings. The first kappa shape index (κ1) is 14.4. The molecule has 0 atom stereocenters. The first-order valence-electron chi connectivity index (χ1n) is 7.22. The Morgan fingerprint density at radius 1 is 1.37 bits per heavy atom. The number of hydrogen-bond acceptors (Lipinski definition) is 3. The van der Waals surface area contributed by atoms with Crippen LogP contribution in [-0.2, 0) is 6.54 Å². The van der Waals surface area contributed by atoms with E-state index in [0.717, 1.165) is 22.8 Å². The van der Waals surface area contributed by atoms with Crippen molar-refractivity contribution in [1.82, 2.24) is 5.32 Å². The van der Waals surface area contributed by atoms with E-state index in [2.05, 4.69) is 30.4 Å². The number of nitrogens with one attached hydrogen (secondary N) is 1. The smallest absolute Gasteiger partial charge is 0.100 e. The molecule has 102 valence electrons. The van der Waals surface area contributed by atoms with E-state index in [4.69, 9.17) is 0 Å². The van der Waals surface area contributed by atoms with Crippen molar-refractivity contribution >= 4 is 11.8 Å². The maximum Gasteiger partial charge on any atom is 0.100 e. The molecule has 0 unspecified atom stereocenters. The van der Waals surface area contributed by atoms with Gasteiger partial charge in [0.2, 0.25) is 0 Å². The molecule has 0 radical (unpaired) electrons. The van der Waals surface area contributed by atoms with Crippen LogP contribution in [0.1, 0.15) is 50.2 Å². The van der Waals surface area contributed by atoms with E-state index >= 15 is 0 Å². The monoisotopic (exact) mass is 274 g/mol. The number of nitrogens with zero attached hydrogens (tertiary/aromatic N) is 1. The Labute approximate surface area is 120 Å². The van der Waals surface area contributed by atoms with Gasteiger partial charge >= 0.3 is 0 Å². The molecule has 0 aliphatic heterocycles. The van der Waals surface area contributed by atoms with Crippen molar-refractivity contribution in [3.05, 3.63) is 29.3 Å². The summed E-state index contributed by atoms with van der Waals surface area (Å²) in [4.78, 5) is 1.13. The van der Waals surface area contributed by atoms with Crippen LogP contribution in [-0.4, -0.2) is 11.8 Å². The number of unbranched alkanes of at least 4 members (excludes halogenated alkanes) is 2. The van der Waals surface area contributed by atoms with Gasteiger partial charge < -0.3 is 5.32 Å². The predicted molar refractivity (Wildman–Crippen MR) is 81.3 cm³/mol. The van der Waals surface area contributed by atoms with Crippen molar-refractivity contribution in [3.8, 4) is 6.07 Å². The van der Waals surface area contributed by atoms with E-state index < -0.39 is 0 Å². The average molecular weight is 274 g/mol. The summed E-state index contributed by atoms with van der Waals surface area (Å²) in [6.07, 6.45) is 6.36. The highest BCUT2D eigenvalue weighted by atomic mass is 32.2. The highest BCUT2D eigenvalue weighted by molar-refractivity contribution is 7.99. The summed E-state index contributed by atoms with van der Waals surface area (Å²) >= 11 is 1.81. The second-order valence-corrected chi connectivity index (χ2v) is 6.29. The van der Waals surface area contributed by atoms with E-state index in [9.17, 15) is 5.26 Å². The summed E-state index contributed by atoms with van der Waals surface area (Å²) in [6, 6.07) is 9.35. The molecule has 1 N–H and O–H groups in total. The fourth-order valence-electron chi connectivity index (χ4n) is 1.98. The van der Waals surface area contributed by atoms with E-state index in [1.54, 1.807) is 0 Å². The van der Waals surface area contributed by atoms with Crippen LogP contribution in [0.15, 0.2) is 23.1 Å². The summed E-state index contributed by atoms with van der Waals surface area (Å²) in [7, 11) is 0. The summed E-state index contributed by atoms with van der Waals surface area (Å²) in [5.74, 6) is 1.11. The Bertz CT molecular complexity index is 447. The Morgan fingerprint density at radius 3 is 2.89 bits per heavy atom. The van der Waals surface area contributed by atoms with Crippen molar-refractivity contribution in [2.75, 3.05) is 5.75 Å². The van der Waals surface area contributed by atoms with Crippen LogP contribution < -0.4 is 5.32 Å². The second-order valence-electron chi connectivity index (χ2n) is 5.15. The number of nitriles is 1. The van der Waals surface area contributed by atoms with Crippen LogP contribution in [0, 0.1) is 11.3 Å². The third kappa shape index (κ3) is 4.89. The predicted octanol–water partition coefficient (Wildman–Crippen LogP) is 4.09. The van der Waals surface area contributed by atoms with E-state index in [1.165, 1.54) is 37.7 Å². The number of rotatable bonds is 8. The molecule has 0 bridgehead atoms. The van der Waals surface area contributed by atoms with Crippen molar-refractivity contribution in [1.29, 1.82) is 5.26 Å². The fraction of sp³-hybridized carbons (Fsp3) is 0.562. The summed E-state index contributed by atoms with van der Waals surface area (Å²) < 4.78 is 0. The molecule has 1 aliphatic carbocycles. The van der Waals surface area contributed by atoms with Gasteiger partial charge in [-0.05, 0) is 42.7 Å². The maximum atomic E-state index is 9.25. The number of benzene rings is 1. The Hall–Kier alpha value is -0.980. The lowest BCUT2D eigenvalue weighted by Crippen LogP contribution is -2.15. The second kappa shape index (κ2) is 7.57. The summed E-state index contributed by atoms with van der Waals surface area (Å²) in [5.41, 5.74) is 2.05. The SMILES string of the molecule is CCCCCSc1ccc(CNC2CC2)cc1C#N. The maximum absolute atomic E-state index is 9.25. The topological polar surface area (TPSA) is 35.8 Å². The van der Waals surface area contributed by atoms with Gasteiger partial charge in [0.25, 0.3) is 0 Å². The van der Waals surface area contributed by atoms with Gasteiger partial charge in [-0.1, -0.05) is 25.8 Å². The molecule has 1 aromatic carbocycles. The van der Waals surface area contributed by atoms with Gasteiger partial charge in [0.15, 0.2) is 0 Å². The zero-order valence-electron chi connectivity index (χ0n) is 11.6. The van der Waals surface area contributed by atoms with E-state index in [0.29, 0.717) is 6.04 Å². The molecule has 1 saturated carbocycles. The van der Waals surface area contributed by atoms with Crippen LogP contribution in [0.3, 0.4) is 0 Å². The standard InChI is InChI=1S/C16H22N2S/c1-2-3-4-9-19-16-8-5-13(10-14(16)11-17)12-18-15-6-7-15/h5,8,10,15,18H,2-4,6-7,9,12H2,1H3. The van der Waals surface area contributed by atoms with Gasteiger partial charge in [-0.15, -0.1) is 11.8 Å². The number of hydrogen-bond donors (Lipinski definition) is 1. The molecular formula is C16H22N2S. The quantitative estimate of drug-likeness (QED) is 0.573. The molecule has 0 saturated heterocycles. The summed E-state index contributed by atoms with van der Waals surface area (Å²) in [6.45, 7) is 3.10. The first-order valence-corrected chi connectivity index (χ1v) is 8.21. The summed E-state index contributed by atoms with van der Waals surface area (Å²) in [5, 5.41) is 12.7. The van der Waals surface area contributed by atoms with Crippen molar-refractivity contribution in [2.24, 2.45) is 0 Å². The lowest BCUT2D eigenvalue weighted by Gasteiger charge is -2.07. The first-order chi connectivity index (χ1) is 9.33. The van der Waals surface area contributed by atoms with Gasteiger partial charge in [-0.2, -0.15) is 5.26 Å². The lowest BCUT2D eigenvalue weighted by molar-refractivity contribution is 0.687. The largest absolute Gasteiger partial charge is 0.310 e. The van der Waals surface area contributed by atoms with Gasteiger partial charge in [0.05, 0.1) is 5.56 Å². The average Bonchev–Trinajstić information content (AvgIpc) is 3.26. The number of thioether (sulfide) groups is 1. The van der Waals surface area contributed by atoms with E-state index in [-0.39, 0.29) is 0 Å². The van der Waals surface area contributed by atoms with Crippen LogP contribution in [0.5, 0.6) is 0 Å². The van der Waals surface area contributed by atoms with Crippen molar-refractivity contribution in [2.45, 2.75) is 56.5 Å². The molecule has 2 rings (SSSR count). The van der Waals surface area contributed by atoms with Crippen LogP contribution in [0.2, 0.25) is 0 Å². The molecule has 2 nitrogen and oxygen atoms in total. The third-order valence-electron chi connectivity index (χ3n) is 3.34. The zero-order valence-corrected chi connectivity index (χ0v) is 12.4. The molecule has 19 heavy (non-hydrogen) atoms. The van der Waals surface area contributed by atoms with Crippen molar-refractivity contribution in [3.63, 3.8) is 0 Å². The molecule has 0 aromatic heterocycles. The molecule has 1 aliphatic rings. The molecule has 1 fully saturated rings. The van der Waals surface area contributed by atoms with Gasteiger partial charge in [0.1, 0.15) is 6.07 Å². The molecule has 0 amide bonds. The third-order valence-corrected chi connectivity index (χ3v) is 4.50. The minimum atomic E-state index is 0.716.